The van der Waals surface area contributed by atoms with Crippen molar-refractivity contribution in [3.05, 3.63) is 34.9 Å². The molecule has 0 radical (unpaired) electrons. The number of nitrogens with one attached hydrogen (secondary N) is 1. The van der Waals surface area contributed by atoms with E-state index in [0.717, 1.165) is 38.5 Å². The van der Waals surface area contributed by atoms with Gasteiger partial charge in [0.2, 0.25) is 0 Å². The van der Waals surface area contributed by atoms with E-state index in [2.05, 4.69) is 5.32 Å². The zero-order valence-electron chi connectivity index (χ0n) is 15.0. The summed E-state index contributed by atoms with van der Waals surface area (Å²) in [4.78, 5) is 38.6. The summed E-state index contributed by atoms with van der Waals surface area (Å²) in [6, 6.07) is 5.11. The predicted octanol–water partition coefficient (Wildman–Crippen LogP) is 2.50. The number of unbranched alkanes of at least 4 members (excludes halogenated alkanes) is 1. The molecule has 1 aliphatic carbocycles. The Morgan fingerprint density at radius 2 is 1.81 bits per heavy atom. The van der Waals surface area contributed by atoms with Gasteiger partial charge in [0.05, 0.1) is 11.1 Å². The van der Waals surface area contributed by atoms with Gasteiger partial charge in [-0.05, 0) is 50.3 Å². The molecule has 1 heterocycles. The number of nitrogens with zero attached hydrogens (tertiary/aromatic N) is 1. The maximum absolute atomic E-state index is 12.5. The van der Waals surface area contributed by atoms with Crippen LogP contribution in [0.25, 0.3) is 0 Å². The van der Waals surface area contributed by atoms with E-state index < -0.39 is 0 Å². The summed E-state index contributed by atoms with van der Waals surface area (Å²) in [6.07, 6.45) is 5.26. The Morgan fingerprint density at radius 3 is 2.46 bits per heavy atom. The number of carbonyl (C=O) groups excluding carboxylic acids is 3. The molecule has 1 aromatic rings. The van der Waals surface area contributed by atoms with Crippen LogP contribution in [0.4, 0.5) is 0 Å². The Balaban J connectivity index is 0.00000243. The molecule has 0 bridgehead atoms. The Bertz CT molecular complexity index is 699. The van der Waals surface area contributed by atoms with Crippen LogP contribution in [0.5, 0.6) is 0 Å². The fourth-order valence-corrected chi connectivity index (χ4v) is 3.48. The number of hydrogen-bond acceptors (Lipinski definition) is 4. The molecule has 3 rings (SSSR count). The summed E-state index contributed by atoms with van der Waals surface area (Å²) in [7, 11) is 0. The quantitative estimate of drug-likeness (QED) is 0.769. The van der Waals surface area contributed by atoms with Crippen LogP contribution in [0.3, 0.4) is 0 Å². The Morgan fingerprint density at radius 1 is 1.15 bits per heavy atom. The van der Waals surface area contributed by atoms with Crippen LogP contribution in [0.1, 0.15) is 76.5 Å². The first kappa shape index (κ1) is 20.4. The van der Waals surface area contributed by atoms with Crippen LogP contribution in [-0.2, 0) is 0 Å². The van der Waals surface area contributed by atoms with Gasteiger partial charge in [0.25, 0.3) is 17.7 Å². The second-order valence-corrected chi connectivity index (χ2v) is 6.96. The molecule has 0 aromatic heterocycles. The topological polar surface area (TPSA) is 92.5 Å². The van der Waals surface area contributed by atoms with E-state index in [1.165, 1.54) is 4.90 Å². The average Bonchev–Trinajstić information content (AvgIpc) is 2.85. The number of benzene rings is 1. The van der Waals surface area contributed by atoms with Crippen molar-refractivity contribution < 1.29 is 14.4 Å². The minimum Gasteiger partial charge on any atom is -0.349 e. The third-order valence-electron chi connectivity index (χ3n) is 5.08. The van der Waals surface area contributed by atoms with Gasteiger partial charge >= 0.3 is 0 Å². The molecule has 0 spiro atoms. The number of carbonyl (C=O) groups is 3. The molecule has 142 valence electrons. The van der Waals surface area contributed by atoms with Crippen molar-refractivity contribution in [3.63, 3.8) is 0 Å². The van der Waals surface area contributed by atoms with Crippen molar-refractivity contribution in [2.45, 2.75) is 57.5 Å². The lowest BCUT2D eigenvalue weighted by Crippen LogP contribution is -2.40. The summed E-state index contributed by atoms with van der Waals surface area (Å²) in [5.74, 6) is -0.760. The smallest absolute Gasteiger partial charge is 0.261 e. The van der Waals surface area contributed by atoms with Gasteiger partial charge in [-0.15, -0.1) is 12.4 Å². The highest BCUT2D eigenvalue weighted by Gasteiger charge is 2.35. The molecule has 7 heteroatoms. The van der Waals surface area contributed by atoms with Crippen molar-refractivity contribution in [2.24, 2.45) is 5.73 Å². The van der Waals surface area contributed by atoms with Crippen molar-refractivity contribution in [3.8, 4) is 0 Å². The highest BCUT2D eigenvalue weighted by molar-refractivity contribution is 6.22. The molecular formula is C19H26ClN3O3. The van der Waals surface area contributed by atoms with Crippen LogP contribution < -0.4 is 11.1 Å². The van der Waals surface area contributed by atoms with E-state index in [0.29, 0.717) is 23.2 Å². The van der Waals surface area contributed by atoms with Crippen molar-refractivity contribution >= 4 is 30.1 Å². The molecule has 3 N–H and O–H groups in total. The molecule has 3 amide bonds. The van der Waals surface area contributed by atoms with E-state index in [4.69, 9.17) is 5.73 Å². The van der Waals surface area contributed by atoms with Gasteiger partial charge in [-0.25, -0.2) is 0 Å². The number of fused-ring (bicyclic) bond motifs is 1. The van der Waals surface area contributed by atoms with Gasteiger partial charge in [-0.3, -0.25) is 19.3 Å². The molecule has 2 aliphatic rings. The molecular weight excluding hydrogens is 354 g/mol. The summed E-state index contributed by atoms with van der Waals surface area (Å²) in [6.45, 7) is 2.44. The fourth-order valence-electron chi connectivity index (χ4n) is 3.48. The van der Waals surface area contributed by atoms with Gasteiger partial charge in [-0.1, -0.05) is 13.3 Å². The number of rotatable bonds is 5. The third kappa shape index (κ3) is 4.07. The largest absolute Gasteiger partial charge is 0.349 e. The van der Waals surface area contributed by atoms with Crippen LogP contribution in [-0.4, -0.2) is 41.2 Å². The minimum absolute atomic E-state index is 0. The molecule has 1 aromatic carbocycles. The van der Waals surface area contributed by atoms with E-state index >= 15 is 0 Å². The Kier molecular flexibility index (Phi) is 6.78. The second-order valence-electron chi connectivity index (χ2n) is 6.96. The SMILES string of the molecule is CCCCN1C(=O)c2ccc(C(=O)NC3CCC(N)CC3)cc2C1=O.Cl. The first-order valence-electron chi connectivity index (χ1n) is 9.08. The lowest BCUT2D eigenvalue weighted by Gasteiger charge is -2.26. The second kappa shape index (κ2) is 8.64. The van der Waals surface area contributed by atoms with E-state index in [9.17, 15) is 14.4 Å². The van der Waals surface area contributed by atoms with E-state index in [1.54, 1.807) is 18.2 Å². The van der Waals surface area contributed by atoms with Crippen molar-refractivity contribution in [2.75, 3.05) is 6.54 Å². The van der Waals surface area contributed by atoms with Gasteiger partial charge in [0.1, 0.15) is 0 Å². The van der Waals surface area contributed by atoms with Gasteiger partial charge in [0, 0.05) is 24.2 Å². The van der Waals surface area contributed by atoms with Gasteiger partial charge in [-0.2, -0.15) is 0 Å². The molecule has 0 unspecified atom stereocenters. The number of amides is 3. The van der Waals surface area contributed by atoms with E-state index in [1.807, 2.05) is 6.92 Å². The van der Waals surface area contributed by atoms with E-state index in [-0.39, 0.29) is 42.2 Å². The number of halogens is 1. The van der Waals surface area contributed by atoms with Crippen molar-refractivity contribution in [1.29, 1.82) is 0 Å². The summed E-state index contributed by atoms with van der Waals surface area (Å²) in [5, 5.41) is 3.01. The molecule has 6 nitrogen and oxygen atoms in total. The number of hydrogen-bond donors (Lipinski definition) is 2. The van der Waals surface area contributed by atoms with Crippen LogP contribution in [0, 0.1) is 0 Å². The Labute approximate surface area is 159 Å². The highest BCUT2D eigenvalue weighted by atomic mass is 35.5. The average molecular weight is 380 g/mol. The Hall–Kier alpha value is -1.92. The van der Waals surface area contributed by atoms with Crippen LogP contribution in [0.15, 0.2) is 18.2 Å². The summed E-state index contributed by atoms with van der Waals surface area (Å²) in [5.41, 5.74) is 7.04. The predicted molar refractivity (Wildman–Crippen MR) is 102 cm³/mol. The third-order valence-corrected chi connectivity index (χ3v) is 5.08. The molecule has 0 atom stereocenters. The van der Waals surface area contributed by atoms with Gasteiger partial charge < -0.3 is 11.1 Å². The maximum Gasteiger partial charge on any atom is 0.261 e. The van der Waals surface area contributed by atoms with Gasteiger partial charge in [0.15, 0.2) is 0 Å². The molecule has 26 heavy (non-hydrogen) atoms. The normalized spacial score (nSPS) is 22.0. The summed E-state index contributed by atoms with van der Waals surface area (Å²) >= 11 is 0. The highest BCUT2D eigenvalue weighted by Crippen LogP contribution is 2.25. The monoisotopic (exact) mass is 379 g/mol. The zero-order chi connectivity index (χ0) is 18.0. The van der Waals surface area contributed by atoms with Crippen LogP contribution in [0.2, 0.25) is 0 Å². The summed E-state index contributed by atoms with van der Waals surface area (Å²) < 4.78 is 0. The number of imide groups is 1. The molecule has 0 saturated heterocycles. The van der Waals surface area contributed by atoms with Crippen molar-refractivity contribution in [1.82, 2.24) is 10.2 Å². The van der Waals surface area contributed by atoms with Crippen LogP contribution >= 0.6 is 12.4 Å². The molecule has 1 aliphatic heterocycles. The first-order valence-corrected chi connectivity index (χ1v) is 9.08. The number of nitrogens with two attached hydrogens (primary N) is 1. The maximum atomic E-state index is 12.5. The lowest BCUT2D eigenvalue weighted by atomic mass is 9.91. The lowest BCUT2D eigenvalue weighted by molar-refractivity contribution is 0.0652. The first-order chi connectivity index (χ1) is 12.0. The zero-order valence-corrected chi connectivity index (χ0v) is 15.8. The standard InChI is InChI=1S/C19H25N3O3.ClH/c1-2-3-10-22-18(24)15-9-4-12(11-16(15)19(22)25)17(23)21-14-7-5-13(20)6-8-14;/h4,9,11,13-14H,2-3,5-8,10,20H2,1H3,(H,21,23);1H. The minimum atomic E-state index is -0.299. The molecule has 1 saturated carbocycles. The molecule has 1 fully saturated rings. The fraction of sp³-hybridized carbons (Fsp3) is 0.526.